The molecule has 8 rings (SSSR count). The average Bonchev–Trinajstić information content (AvgIpc) is 3.43. The molecule has 0 amide bonds. The number of alkyl halides is 2. The van der Waals surface area contributed by atoms with E-state index < -0.39 is 68.1 Å². The number of nitrogens with zero attached hydrogens (tertiary/aromatic N) is 5. The van der Waals surface area contributed by atoms with Gasteiger partial charge in [-0.3, -0.25) is 9.88 Å². The molecule has 8 nitrogen and oxygen atoms in total. The van der Waals surface area contributed by atoms with Gasteiger partial charge in [0.15, 0.2) is 23.6 Å². The van der Waals surface area contributed by atoms with Crippen molar-refractivity contribution in [2.24, 2.45) is 0 Å². The molecule has 1 aliphatic carbocycles. The number of ether oxygens (including phenoxy) is 2. The summed E-state index contributed by atoms with van der Waals surface area (Å²) in [6, 6.07) is 2.62. The number of aromatic nitrogens is 3. The first-order valence-electron chi connectivity index (χ1n) is 20.1. The van der Waals surface area contributed by atoms with Crippen molar-refractivity contribution in [2.45, 2.75) is 107 Å². The maximum absolute atomic E-state index is 17.4. The van der Waals surface area contributed by atoms with Gasteiger partial charge in [-0.25, -0.2) is 22.0 Å². The molecule has 2 aromatic carbocycles. The first-order valence-corrected chi connectivity index (χ1v) is 21.4. The molecule has 5 heterocycles. The van der Waals surface area contributed by atoms with E-state index in [4.69, 9.17) is 17.9 Å². The number of fused-ring (bicyclic) bond motifs is 4. The van der Waals surface area contributed by atoms with Crippen molar-refractivity contribution in [3.8, 4) is 28.7 Å². The van der Waals surface area contributed by atoms with Gasteiger partial charge in [0.25, 0.3) is 0 Å². The highest BCUT2D eigenvalue weighted by molar-refractivity contribution is 6.90. The van der Waals surface area contributed by atoms with Crippen molar-refractivity contribution in [3.63, 3.8) is 0 Å². The molecular formula is C41H47F5N6O2Si. The van der Waals surface area contributed by atoms with Crippen molar-refractivity contribution in [1.29, 1.82) is 0 Å². The predicted molar refractivity (Wildman–Crippen MR) is 207 cm³/mol. The number of halogens is 5. The first-order chi connectivity index (χ1) is 26.9. The van der Waals surface area contributed by atoms with Crippen LogP contribution in [0.5, 0.6) is 6.01 Å². The smallest absolute Gasteiger partial charge is 0.319 e. The van der Waals surface area contributed by atoms with Crippen molar-refractivity contribution >= 4 is 41.3 Å². The second-order valence-electron chi connectivity index (χ2n) is 16.4. The Hall–Kier alpha value is -4.06. The van der Waals surface area contributed by atoms with Gasteiger partial charge in [-0.2, -0.15) is 9.97 Å². The first kappa shape index (κ1) is 35.4. The van der Waals surface area contributed by atoms with Crippen LogP contribution in [0.1, 0.15) is 69.1 Å². The lowest BCUT2D eigenvalue weighted by atomic mass is 9.95. The van der Waals surface area contributed by atoms with Gasteiger partial charge in [0.1, 0.15) is 43.9 Å². The summed E-state index contributed by atoms with van der Waals surface area (Å²) < 4.78 is 108. The Morgan fingerprint density at radius 1 is 1.05 bits per heavy atom. The highest BCUT2D eigenvalue weighted by atomic mass is 28.3. The Balaban J connectivity index is 1.34. The summed E-state index contributed by atoms with van der Waals surface area (Å²) >= 11 is 0. The van der Waals surface area contributed by atoms with Crippen LogP contribution >= 0.6 is 0 Å². The highest BCUT2D eigenvalue weighted by Crippen LogP contribution is 2.45. The van der Waals surface area contributed by atoms with Gasteiger partial charge in [0.2, 0.25) is 0 Å². The SMILES string of the molecule is [2H]C([2H])(Oc1nc(N2CCO[C@H]3[C@H](F)[C@H]32)c2cnc(-c3cc(N)cc4cc(F)c(F)c(C#C[Si](C(C)C)(C(C)C)C(C)C)c34)c(F)c2n1)[C@@]12CCCN1C[C@H](F)C2. The summed E-state index contributed by atoms with van der Waals surface area (Å²) in [7, 11) is -2.46. The fraction of sp³-hybridized carbons (Fsp3) is 0.537. The highest BCUT2D eigenvalue weighted by Gasteiger charge is 2.59. The topological polar surface area (TPSA) is 89.6 Å². The number of pyridine rings is 1. The third-order valence-corrected chi connectivity index (χ3v) is 18.7. The number of rotatable bonds is 8. The molecule has 4 aromatic rings. The van der Waals surface area contributed by atoms with Crippen LogP contribution < -0.4 is 15.4 Å². The van der Waals surface area contributed by atoms with E-state index in [1.807, 2.05) is 0 Å². The molecule has 1 saturated carbocycles. The Labute approximate surface area is 321 Å². The number of nitrogen functional groups attached to an aromatic ring is 1. The second kappa shape index (κ2) is 13.8. The summed E-state index contributed by atoms with van der Waals surface area (Å²) in [6.45, 7) is 11.0. The Kier molecular flexibility index (Phi) is 8.90. The molecule has 0 spiro atoms. The van der Waals surface area contributed by atoms with Gasteiger partial charge in [-0.15, -0.1) is 5.54 Å². The minimum absolute atomic E-state index is 0.0364. The summed E-state index contributed by atoms with van der Waals surface area (Å²) in [5.41, 5.74) is 8.33. The van der Waals surface area contributed by atoms with Crippen molar-refractivity contribution in [1.82, 2.24) is 19.9 Å². The van der Waals surface area contributed by atoms with E-state index in [1.54, 1.807) is 9.80 Å². The molecule has 5 atom stereocenters. The van der Waals surface area contributed by atoms with Gasteiger partial charge >= 0.3 is 6.01 Å². The zero-order chi connectivity index (χ0) is 40.9. The van der Waals surface area contributed by atoms with Crippen LogP contribution in [-0.4, -0.2) is 90.8 Å². The summed E-state index contributed by atoms with van der Waals surface area (Å²) in [6.07, 6.45) is -1.13. The Morgan fingerprint density at radius 2 is 1.80 bits per heavy atom. The van der Waals surface area contributed by atoms with E-state index in [1.165, 1.54) is 18.3 Å². The third-order valence-electron chi connectivity index (χ3n) is 12.4. The molecule has 3 aliphatic heterocycles. The third kappa shape index (κ3) is 6.12. The fourth-order valence-corrected chi connectivity index (χ4v) is 15.0. The van der Waals surface area contributed by atoms with E-state index in [0.29, 0.717) is 19.4 Å². The lowest BCUT2D eigenvalue weighted by molar-refractivity contribution is 0.0912. The number of hydrogen-bond donors (Lipinski definition) is 1. The monoisotopic (exact) mass is 780 g/mol. The Morgan fingerprint density at radius 3 is 2.53 bits per heavy atom. The average molecular weight is 781 g/mol. The van der Waals surface area contributed by atoms with Crippen molar-refractivity contribution in [2.75, 3.05) is 43.4 Å². The number of nitrogens with two attached hydrogens (primary N) is 1. The van der Waals surface area contributed by atoms with Gasteiger partial charge in [-0.1, -0.05) is 47.5 Å². The molecule has 0 bridgehead atoms. The van der Waals surface area contributed by atoms with Crippen LogP contribution in [0.3, 0.4) is 0 Å². The van der Waals surface area contributed by atoms with Crippen LogP contribution in [0.2, 0.25) is 16.6 Å². The van der Waals surface area contributed by atoms with E-state index in [2.05, 4.69) is 68.0 Å². The van der Waals surface area contributed by atoms with E-state index in [-0.39, 0.29) is 92.7 Å². The van der Waals surface area contributed by atoms with Crippen LogP contribution in [0.25, 0.3) is 32.9 Å². The van der Waals surface area contributed by atoms with Crippen LogP contribution in [0.15, 0.2) is 24.4 Å². The second-order valence-corrected chi connectivity index (χ2v) is 22.0. The van der Waals surface area contributed by atoms with E-state index in [9.17, 15) is 8.78 Å². The standard InChI is InChI=1S/C41H47F5N6O2Si/c1-21(2)55(22(3)4,23(5)6)13-8-27-31-24(15-30(43)32(27)44)14-26(47)16-28(31)35-33(45)36-29(18-48-35)39(52-11-12-53-38-34(46)37(38)52)50-40(49-36)54-20-41-9-7-10-51(41)19-25(42)17-41/h14-16,18,21-23,25,34,37-38H,7,9-12,17,19-20,47H2,1-6H3/t25-,34-,37-,38+,41+/m1/s1/i20D2. The molecule has 3 saturated heterocycles. The van der Waals surface area contributed by atoms with Gasteiger partial charge in [0.05, 0.1) is 31.9 Å². The zero-order valence-electron chi connectivity index (χ0n) is 33.8. The Bertz CT molecular complexity index is 2320. The van der Waals surface area contributed by atoms with E-state index in [0.717, 1.165) is 6.07 Å². The molecule has 0 unspecified atom stereocenters. The van der Waals surface area contributed by atoms with Gasteiger partial charge < -0.3 is 20.1 Å². The fourth-order valence-electron chi connectivity index (χ4n) is 9.75. The molecular weight excluding hydrogens is 732 g/mol. The summed E-state index contributed by atoms with van der Waals surface area (Å²) in [5.74, 6) is -0.207. The molecule has 4 fully saturated rings. The zero-order valence-corrected chi connectivity index (χ0v) is 32.8. The predicted octanol–water partition coefficient (Wildman–Crippen LogP) is 8.29. The van der Waals surface area contributed by atoms with Gasteiger partial charge in [-0.05, 0) is 59.6 Å². The largest absolute Gasteiger partial charge is 0.461 e. The van der Waals surface area contributed by atoms with Crippen molar-refractivity contribution < 1.29 is 34.2 Å². The number of anilines is 2. The number of morpholine rings is 1. The quantitative estimate of drug-likeness (QED) is 0.0828. The molecule has 292 valence electrons. The lowest BCUT2D eigenvalue weighted by Gasteiger charge is -2.38. The maximum Gasteiger partial charge on any atom is 0.319 e. The molecule has 14 heteroatoms. The van der Waals surface area contributed by atoms with Crippen LogP contribution in [0.4, 0.5) is 33.5 Å². The van der Waals surface area contributed by atoms with Crippen LogP contribution in [0, 0.1) is 28.9 Å². The molecule has 55 heavy (non-hydrogen) atoms. The van der Waals surface area contributed by atoms with Crippen molar-refractivity contribution in [3.05, 3.63) is 47.4 Å². The minimum atomic E-state index is -2.50. The molecule has 2 N–H and O–H groups in total. The van der Waals surface area contributed by atoms with Gasteiger partial charge in [0, 0.05) is 42.3 Å². The van der Waals surface area contributed by atoms with E-state index >= 15 is 13.2 Å². The molecule has 2 aromatic heterocycles. The number of benzene rings is 2. The van der Waals surface area contributed by atoms with Crippen LogP contribution in [-0.2, 0) is 4.74 Å². The molecule has 0 radical (unpaired) electrons. The maximum atomic E-state index is 17.4. The number of hydrogen-bond acceptors (Lipinski definition) is 8. The normalized spacial score (nSPS) is 26.0. The molecule has 4 aliphatic rings. The minimum Gasteiger partial charge on any atom is -0.461 e. The summed E-state index contributed by atoms with van der Waals surface area (Å²) in [5, 5.41) is 0.381. The summed E-state index contributed by atoms with van der Waals surface area (Å²) in [4.78, 5) is 16.8. The lowest BCUT2D eigenvalue weighted by Crippen LogP contribution is -2.43.